The summed E-state index contributed by atoms with van der Waals surface area (Å²) in [4.78, 5) is 15.8. The summed E-state index contributed by atoms with van der Waals surface area (Å²) >= 11 is 1.42. The minimum Gasteiger partial charge on any atom is -0.298 e. The molecule has 6 heteroatoms. The lowest BCUT2D eigenvalue weighted by molar-refractivity contribution is -0.116. The van der Waals surface area contributed by atoms with Crippen LogP contribution in [0, 0.1) is 0 Å². The fourth-order valence-corrected chi connectivity index (χ4v) is 3.19. The summed E-state index contributed by atoms with van der Waals surface area (Å²) < 4.78 is 22.9. The molecular formula is C11H11NO3S2. The molecule has 0 unspecified atom stereocenters. The Labute approximate surface area is 103 Å². The summed E-state index contributed by atoms with van der Waals surface area (Å²) in [7, 11) is -3.25. The van der Waals surface area contributed by atoms with Crippen molar-refractivity contribution in [3.8, 4) is 0 Å². The number of hydrogen-bond donors (Lipinski definition) is 0. The van der Waals surface area contributed by atoms with E-state index in [0.29, 0.717) is 5.01 Å². The van der Waals surface area contributed by atoms with E-state index in [1.165, 1.54) is 11.3 Å². The first-order valence-electron chi connectivity index (χ1n) is 4.98. The number of hydrogen-bond acceptors (Lipinski definition) is 5. The van der Waals surface area contributed by atoms with Crippen LogP contribution < -0.4 is 0 Å². The van der Waals surface area contributed by atoms with E-state index in [2.05, 4.69) is 4.98 Å². The maximum Gasteiger partial charge on any atom is 0.154 e. The van der Waals surface area contributed by atoms with Gasteiger partial charge >= 0.3 is 0 Å². The third-order valence-corrected chi connectivity index (χ3v) is 3.99. The summed E-state index contributed by atoms with van der Waals surface area (Å²) in [5.41, 5.74) is 0.847. The maximum absolute atomic E-state index is 11.5. The fraction of sp³-hybridized carbons (Fsp3) is 0.273. The van der Waals surface area contributed by atoms with Crippen molar-refractivity contribution in [2.45, 2.75) is 6.42 Å². The zero-order chi connectivity index (χ0) is 12.5. The molecule has 0 amide bonds. The lowest BCUT2D eigenvalue weighted by Gasteiger charge is -1.95. The Morgan fingerprint density at radius 3 is 2.71 bits per heavy atom. The molecule has 0 bridgehead atoms. The van der Waals surface area contributed by atoms with E-state index >= 15 is 0 Å². The molecule has 0 aliphatic carbocycles. The maximum atomic E-state index is 11.5. The van der Waals surface area contributed by atoms with Crippen molar-refractivity contribution in [1.82, 2.24) is 4.98 Å². The van der Waals surface area contributed by atoms with Crippen molar-refractivity contribution in [2.75, 3.05) is 12.0 Å². The number of sulfone groups is 1. The highest BCUT2D eigenvalue weighted by Gasteiger charge is 2.13. The molecule has 4 nitrogen and oxygen atoms in total. The van der Waals surface area contributed by atoms with Crippen LogP contribution in [0.1, 0.15) is 5.01 Å². The fourth-order valence-electron chi connectivity index (χ4n) is 1.51. The van der Waals surface area contributed by atoms with Gasteiger partial charge in [0.05, 0.1) is 16.6 Å². The summed E-state index contributed by atoms with van der Waals surface area (Å²) in [6.45, 7) is 0. The van der Waals surface area contributed by atoms with Gasteiger partial charge in [0.1, 0.15) is 10.8 Å². The Morgan fingerprint density at radius 1 is 1.35 bits per heavy atom. The number of nitrogens with zero attached hydrogens (tertiary/aromatic N) is 1. The SMILES string of the molecule is CS(=O)(=O)CC(=O)Cc1nc2ccccc2s1. The summed E-state index contributed by atoms with van der Waals surface area (Å²) in [5, 5.41) is 0.667. The average Bonchev–Trinajstić information content (AvgIpc) is 2.55. The number of benzene rings is 1. The number of thiazole rings is 1. The van der Waals surface area contributed by atoms with Gasteiger partial charge in [-0.3, -0.25) is 4.79 Å². The van der Waals surface area contributed by atoms with Crippen LogP contribution in [-0.4, -0.2) is 31.2 Å². The number of carbonyl (C=O) groups excluding carboxylic acids is 1. The molecule has 2 aromatic rings. The van der Waals surface area contributed by atoms with Crippen LogP contribution in [-0.2, 0) is 21.1 Å². The van der Waals surface area contributed by atoms with Crippen molar-refractivity contribution in [1.29, 1.82) is 0 Å². The number of fused-ring (bicyclic) bond motifs is 1. The van der Waals surface area contributed by atoms with Gasteiger partial charge in [0.15, 0.2) is 15.6 Å². The molecule has 2 rings (SSSR count). The summed E-state index contributed by atoms with van der Waals surface area (Å²) in [6.07, 6.45) is 1.15. The Hall–Kier alpha value is -1.27. The minimum absolute atomic E-state index is 0.0897. The van der Waals surface area contributed by atoms with Gasteiger partial charge in [0, 0.05) is 6.26 Å². The van der Waals surface area contributed by atoms with Crippen LogP contribution >= 0.6 is 11.3 Å². The molecule has 17 heavy (non-hydrogen) atoms. The van der Waals surface area contributed by atoms with Crippen molar-refractivity contribution in [3.05, 3.63) is 29.3 Å². The third-order valence-electron chi connectivity index (χ3n) is 2.11. The first-order chi connectivity index (χ1) is 7.94. The molecule has 90 valence electrons. The molecule has 0 saturated carbocycles. The Kier molecular flexibility index (Phi) is 3.26. The quantitative estimate of drug-likeness (QED) is 0.842. The van der Waals surface area contributed by atoms with Crippen molar-refractivity contribution in [2.24, 2.45) is 0 Å². The van der Waals surface area contributed by atoms with E-state index < -0.39 is 15.6 Å². The number of Topliss-reactive ketones (excluding diaryl/α,β-unsaturated/α-hetero) is 1. The van der Waals surface area contributed by atoms with E-state index in [-0.39, 0.29) is 12.2 Å². The molecule has 0 atom stereocenters. The van der Waals surface area contributed by atoms with E-state index in [9.17, 15) is 13.2 Å². The lowest BCUT2D eigenvalue weighted by Crippen LogP contribution is -2.16. The van der Waals surface area contributed by atoms with Gasteiger partial charge in [0.2, 0.25) is 0 Å². The molecular weight excluding hydrogens is 258 g/mol. The van der Waals surface area contributed by atoms with Gasteiger partial charge in [-0.15, -0.1) is 11.3 Å². The first-order valence-corrected chi connectivity index (χ1v) is 7.85. The van der Waals surface area contributed by atoms with Crippen LogP contribution in [0.3, 0.4) is 0 Å². The summed E-state index contributed by atoms with van der Waals surface area (Å²) in [5.74, 6) is -0.727. The lowest BCUT2D eigenvalue weighted by atomic mass is 10.3. The van der Waals surface area contributed by atoms with E-state index in [1.807, 2.05) is 24.3 Å². The molecule has 0 radical (unpaired) electrons. The standard InChI is InChI=1S/C11H11NO3S2/c1-17(14,15)7-8(13)6-11-12-9-4-2-3-5-10(9)16-11/h2-5H,6-7H2,1H3. The van der Waals surface area contributed by atoms with Crippen LogP contribution in [0.15, 0.2) is 24.3 Å². The molecule has 0 saturated heterocycles. The number of para-hydroxylation sites is 1. The highest BCUT2D eigenvalue weighted by molar-refractivity contribution is 7.91. The Balaban J connectivity index is 2.16. The van der Waals surface area contributed by atoms with Crippen molar-refractivity contribution >= 4 is 37.2 Å². The summed E-state index contributed by atoms with van der Waals surface area (Å²) in [6, 6.07) is 7.58. The van der Waals surface area contributed by atoms with Crippen LogP contribution in [0.4, 0.5) is 0 Å². The van der Waals surface area contributed by atoms with Gasteiger partial charge in [-0.05, 0) is 12.1 Å². The van der Waals surface area contributed by atoms with Crippen LogP contribution in [0.2, 0.25) is 0 Å². The highest BCUT2D eigenvalue weighted by Crippen LogP contribution is 2.21. The average molecular weight is 269 g/mol. The van der Waals surface area contributed by atoms with Gasteiger partial charge in [-0.2, -0.15) is 0 Å². The van der Waals surface area contributed by atoms with Crippen molar-refractivity contribution in [3.63, 3.8) is 0 Å². The number of aromatic nitrogens is 1. The Morgan fingerprint density at radius 2 is 2.06 bits per heavy atom. The van der Waals surface area contributed by atoms with Gasteiger partial charge in [-0.25, -0.2) is 13.4 Å². The van der Waals surface area contributed by atoms with Gasteiger partial charge in [0.25, 0.3) is 0 Å². The molecule has 1 aromatic carbocycles. The number of rotatable bonds is 4. The van der Waals surface area contributed by atoms with Crippen LogP contribution in [0.25, 0.3) is 10.2 Å². The molecule has 0 aliphatic rings. The van der Waals surface area contributed by atoms with Crippen LogP contribution in [0.5, 0.6) is 0 Å². The third kappa shape index (κ3) is 3.34. The van der Waals surface area contributed by atoms with E-state index in [0.717, 1.165) is 16.5 Å². The second-order valence-corrected chi connectivity index (χ2v) is 7.12. The molecule has 1 heterocycles. The predicted molar refractivity (Wildman–Crippen MR) is 68.0 cm³/mol. The van der Waals surface area contributed by atoms with E-state index in [1.54, 1.807) is 0 Å². The first kappa shape index (κ1) is 12.2. The zero-order valence-corrected chi connectivity index (χ0v) is 10.8. The highest BCUT2D eigenvalue weighted by atomic mass is 32.2. The molecule has 0 spiro atoms. The monoisotopic (exact) mass is 269 g/mol. The number of carbonyl (C=O) groups is 1. The smallest absolute Gasteiger partial charge is 0.154 e. The molecule has 0 N–H and O–H groups in total. The molecule has 0 aliphatic heterocycles. The van der Waals surface area contributed by atoms with Gasteiger partial charge < -0.3 is 0 Å². The predicted octanol–water partition coefficient (Wildman–Crippen LogP) is 1.45. The second-order valence-electron chi connectivity index (χ2n) is 3.86. The van der Waals surface area contributed by atoms with E-state index in [4.69, 9.17) is 0 Å². The topological polar surface area (TPSA) is 64.1 Å². The second kappa shape index (κ2) is 4.54. The van der Waals surface area contributed by atoms with Gasteiger partial charge in [-0.1, -0.05) is 12.1 Å². The van der Waals surface area contributed by atoms with Crippen molar-refractivity contribution < 1.29 is 13.2 Å². The largest absolute Gasteiger partial charge is 0.298 e. The Bertz CT molecular complexity index is 625. The normalized spacial score (nSPS) is 11.8. The zero-order valence-electron chi connectivity index (χ0n) is 9.21. The molecule has 0 fully saturated rings. The molecule has 1 aromatic heterocycles. The number of ketones is 1. The minimum atomic E-state index is -3.25.